The zero-order valence-corrected chi connectivity index (χ0v) is 13.7. The number of hydrogen-bond acceptors (Lipinski definition) is 3. The van der Waals surface area contributed by atoms with Gasteiger partial charge in [-0.1, -0.05) is 6.92 Å². The van der Waals surface area contributed by atoms with E-state index in [4.69, 9.17) is 0 Å². The van der Waals surface area contributed by atoms with Crippen molar-refractivity contribution in [2.45, 2.75) is 44.7 Å². The molecule has 122 valence electrons. The fraction of sp³-hybridized carbons (Fsp3) is 0.556. The molecule has 2 fully saturated rings. The normalized spacial score (nSPS) is 25.5. The maximum atomic E-state index is 13.0. The van der Waals surface area contributed by atoms with Gasteiger partial charge >= 0.3 is 0 Å². The Hall–Kier alpha value is -1.88. The van der Waals surface area contributed by atoms with Gasteiger partial charge in [0, 0.05) is 24.2 Å². The van der Waals surface area contributed by atoms with Crippen molar-refractivity contribution in [3.63, 3.8) is 0 Å². The zero-order valence-electron chi connectivity index (χ0n) is 13.7. The van der Waals surface area contributed by atoms with E-state index in [0.29, 0.717) is 12.1 Å². The minimum atomic E-state index is 0.173. The standard InChI is InChI=1S/C18H24N4O/c1-2-21-9-3-5-16(21)17-6-4-10-22(17)18(23)13-7-8-14-15(11-13)20-12-19-14/h7-8,11-12,16-17H,2-6,9-10H2,1H3,(H,19,20)/t16-,17-/m1/s1. The van der Waals surface area contributed by atoms with Crippen molar-refractivity contribution in [1.29, 1.82) is 0 Å². The molecule has 1 amide bonds. The number of rotatable bonds is 3. The van der Waals surface area contributed by atoms with Crippen LogP contribution in [0, 0.1) is 0 Å². The average Bonchev–Trinajstić information content (AvgIpc) is 3.30. The van der Waals surface area contributed by atoms with Gasteiger partial charge in [-0.05, 0) is 57.0 Å². The van der Waals surface area contributed by atoms with E-state index in [1.54, 1.807) is 6.33 Å². The predicted octanol–water partition coefficient (Wildman–Crippen LogP) is 2.65. The van der Waals surface area contributed by atoms with Crippen LogP contribution in [0.25, 0.3) is 11.0 Å². The molecule has 0 bridgehead atoms. The van der Waals surface area contributed by atoms with E-state index in [0.717, 1.165) is 42.5 Å². The molecule has 0 spiro atoms. The summed E-state index contributed by atoms with van der Waals surface area (Å²) in [5.41, 5.74) is 2.62. The largest absolute Gasteiger partial charge is 0.345 e. The highest BCUT2D eigenvalue weighted by atomic mass is 16.2. The third kappa shape index (κ3) is 2.53. The maximum absolute atomic E-state index is 13.0. The van der Waals surface area contributed by atoms with Crippen molar-refractivity contribution in [2.24, 2.45) is 0 Å². The van der Waals surface area contributed by atoms with Gasteiger partial charge in [0.25, 0.3) is 5.91 Å². The summed E-state index contributed by atoms with van der Waals surface area (Å²) >= 11 is 0. The van der Waals surface area contributed by atoms with Crippen molar-refractivity contribution in [2.75, 3.05) is 19.6 Å². The summed E-state index contributed by atoms with van der Waals surface area (Å²) in [4.78, 5) is 25.0. The first-order valence-corrected chi connectivity index (χ1v) is 8.76. The van der Waals surface area contributed by atoms with Crippen LogP contribution in [0.3, 0.4) is 0 Å². The number of H-pyrrole nitrogens is 1. The van der Waals surface area contributed by atoms with Crippen molar-refractivity contribution >= 4 is 16.9 Å². The Kier molecular flexibility index (Phi) is 3.81. The molecule has 2 aliphatic heterocycles. The van der Waals surface area contributed by atoms with Gasteiger partial charge in [-0.15, -0.1) is 0 Å². The van der Waals surface area contributed by atoms with Gasteiger partial charge in [0.2, 0.25) is 0 Å². The number of aromatic amines is 1. The van der Waals surface area contributed by atoms with Crippen LogP contribution in [0.4, 0.5) is 0 Å². The first-order valence-electron chi connectivity index (χ1n) is 8.76. The van der Waals surface area contributed by atoms with Crippen LogP contribution in [-0.4, -0.2) is 57.4 Å². The maximum Gasteiger partial charge on any atom is 0.254 e. The summed E-state index contributed by atoms with van der Waals surface area (Å²) in [6.45, 7) is 5.38. The molecule has 5 heteroatoms. The molecule has 23 heavy (non-hydrogen) atoms. The van der Waals surface area contributed by atoms with E-state index in [1.807, 2.05) is 18.2 Å². The Morgan fingerprint density at radius 2 is 2.09 bits per heavy atom. The molecule has 0 radical (unpaired) electrons. The molecule has 0 unspecified atom stereocenters. The molecule has 4 rings (SSSR count). The summed E-state index contributed by atoms with van der Waals surface area (Å²) in [6.07, 6.45) is 6.42. The number of nitrogens with one attached hydrogen (secondary N) is 1. The summed E-state index contributed by atoms with van der Waals surface area (Å²) in [7, 11) is 0. The van der Waals surface area contributed by atoms with Gasteiger partial charge in [0.1, 0.15) is 0 Å². The third-order valence-electron chi connectivity index (χ3n) is 5.49. The predicted molar refractivity (Wildman–Crippen MR) is 90.4 cm³/mol. The Balaban J connectivity index is 1.59. The molecule has 2 saturated heterocycles. The number of carbonyl (C=O) groups is 1. The van der Waals surface area contributed by atoms with E-state index >= 15 is 0 Å². The van der Waals surface area contributed by atoms with E-state index in [9.17, 15) is 4.79 Å². The topological polar surface area (TPSA) is 52.2 Å². The van der Waals surface area contributed by atoms with Gasteiger partial charge in [-0.3, -0.25) is 9.69 Å². The summed E-state index contributed by atoms with van der Waals surface area (Å²) in [6, 6.07) is 6.70. The molecule has 0 saturated carbocycles. The van der Waals surface area contributed by atoms with Gasteiger partial charge in [-0.2, -0.15) is 0 Å². The van der Waals surface area contributed by atoms with Crippen molar-refractivity contribution in [3.8, 4) is 0 Å². The highest BCUT2D eigenvalue weighted by molar-refractivity contribution is 5.97. The van der Waals surface area contributed by atoms with Gasteiger partial charge in [0.15, 0.2) is 0 Å². The number of nitrogens with zero attached hydrogens (tertiary/aromatic N) is 3. The number of amides is 1. The Morgan fingerprint density at radius 3 is 2.96 bits per heavy atom. The summed E-state index contributed by atoms with van der Waals surface area (Å²) in [5.74, 6) is 0.173. The van der Waals surface area contributed by atoms with Crippen LogP contribution < -0.4 is 0 Å². The third-order valence-corrected chi connectivity index (χ3v) is 5.49. The van der Waals surface area contributed by atoms with Crippen LogP contribution >= 0.6 is 0 Å². The van der Waals surface area contributed by atoms with Gasteiger partial charge < -0.3 is 9.88 Å². The van der Waals surface area contributed by atoms with Crippen LogP contribution in [0.5, 0.6) is 0 Å². The number of likely N-dealkylation sites (N-methyl/N-ethyl adjacent to an activating group) is 1. The molecule has 1 aromatic heterocycles. The molecule has 5 nitrogen and oxygen atoms in total. The minimum absolute atomic E-state index is 0.173. The molecular formula is C18H24N4O. The Labute approximate surface area is 136 Å². The number of hydrogen-bond donors (Lipinski definition) is 1. The van der Waals surface area contributed by atoms with Crippen molar-refractivity contribution < 1.29 is 4.79 Å². The van der Waals surface area contributed by atoms with Gasteiger partial charge in [-0.25, -0.2) is 4.98 Å². The molecular weight excluding hydrogens is 288 g/mol. The first-order chi connectivity index (χ1) is 11.3. The van der Waals surface area contributed by atoms with E-state index < -0.39 is 0 Å². The van der Waals surface area contributed by atoms with Crippen LogP contribution in [0.15, 0.2) is 24.5 Å². The quantitative estimate of drug-likeness (QED) is 0.948. The summed E-state index contributed by atoms with van der Waals surface area (Å²) < 4.78 is 0. The lowest BCUT2D eigenvalue weighted by Crippen LogP contribution is -2.48. The molecule has 2 atom stereocenters. The highest BCUT2D eigenvalue weighted by Crippen LogP contribution is 2.31. The smallest absolute Gasteiger partial charge is 0.254 e. The molecule has 2 aliphatic rings. The van der Waals surface area contributed by atoms with E-state index in [-0.39, 0.29) is 5.91 Å². The van der Waals surface area contributed by atoms with Crippen LogP contribution in [0.1, 0.15) is 43.0 Å². The highest BCUT2D eigenvalue weighted by Gasteiger charge is 2.39. The minimum Gasteiger partial charge on any atom is -0.345 e. The molecule has 2 aromatic rings. The fourth-order valence-corrected chi connectivity index (χ4v) is 4.36. The SMILES string of the molecule is CCN1CCC[C@@H]1[C@H]1CCCN1C(=O)c1ccc2nc[nH]c2c1. The second kappa shape index (κ2) is 5.96. The molecule has 3 heterocycles. The van der Waals surface area contributed by atoms with Gasteiger partial charge in [0.05, 0.1) is 17.4 Å². The Morgan fingerprint density at radius 1 is 1.26 bits per heavy atom. The lowest BCUT2D eigenvalue weighted by Gasteiger charge is -2.34. The molecule has 0 aliphatic carbocycles. The number of imidazole rings is 1. The number of aromatic nitrogens is 2. The van der Waals surface area contributed by atoms with Crippen molar-refractivity contribution in [3.05, 3.63) is 30.1 Å². The lowest BCUT2D eigenvalue weighted by atomic mass is 10.0. The first kappa shape index (κ1) is 14.7. The molecule has 1 N–H and O–H groups in total. The zero-order chi connectivity index (χ0) is 15.8. The van der Waals surface area contributed by atoms with E-state index in [1.165, 1.54) is 19.4 Å². The molecule has 1 aromatic carbocycles. The van der Waals surface area contributed by atoms with Crippen LogP contribution in [0.2, 0.25) is 0 Å². The number of carbonyl (C=O) groups excluding carboxylic acids is 1. The fourth-order valence-electron chi connectivity index (χ4n) is 4.36. The number of fused-ring (bicyclic) bond motifs is 1. The lowest BCUT2D eigenvalue weighted by molar-refractivity contribution is 0.0650. The van der Waals surface area contributed by atoms with Crippen molar-refractivity contribution in [1.82, 2.24) is 19.8 Å². The van der Waals surface area contributed by atoms with Crippen LogP contribution in [-0.2, 0) is 0 Å². The monoisotopic (exact) mass is 312 g/mol. The second-order valence-corrected chi connectivity index (χ2v) is 6.68. The summed E-state index contributed by atoms with van der Waals surface area (Å²) in [5, 5.41) is 0. The Bertz CT molecular complexity index is 710. The second-order valence-electron chi connectivity index (χ2n) is 6.68. The number of benzene rings is 1. The average molecular weight is 312 g/mol. The number of likely N-dealkylation sites (tertiary alicyclic amines) is 2. The van der Waals surface area contributed by atoms with E-state index in [2.05, 4.69) is 26.7 Å².